The van der Waals surface area contributed by atoms with E-state index in [4.69, 9.17) is 4.74 Å². The highest BCUT2D eigenvalue weighted by molar-refractivity contribution is 6.21. The maximum atomic E-state index is 12.3. The molecule has 22 heavy (non-hydrogen) atoms. The van der Waals surface area contributed by atoms with Crippen LogP contribution in [0.2, 0.25) is 0 Å². The molecule has 0 saturated heterocycles. The molecule has 3 rings (SSSR count). The van der Waals surface area contributed by atoms with Crippen LogP contribution < -0.4 is 4.74 Å². The van der Waals surface area contributed by atoms with E-state index >= 15 is 0 Å². The lowest BCUT2D eigenvalue weighted by molar-refractivity contribution is 0.0642. The largest absolute Gasteiger partial charge is 0.491 e. The number of hydrogen-bond acceptors (Lipinski definition) is 4. The van der Waals surface area contributed by atoms with E-state index in [2.05, 4.69) is 4.98 Å². The van der Waals surface area contributed by atoms with E-state index in [1.54, 1.807) is 6.07 Å². The van der Waals surface area contributed by atoms with Gasteiger partial charge in [0.2, 0.25) is 0 Å². The number of carbonyl (C=O) groups is 2. The van der Waals surface area contributed by atoms with Gasteiger partial charge in [-0.2, -0.15) is 0 Å². The number of nitrogens with zero attached hydrogens (tertiary/aromatic N) is 2. The summed E-state index contributed by atoms with van der Waals surface area (Å²) in [6.07, 6.45) is 3.07. The molecule has 0 fully saturated rings. The fourth-order valence-corrected chi connectivity index (χ4v) is 2.41. The minimum absolute atomic E-state index is 0.106. The van der Waals surface area contributed by atoms with Gasteiger partial charge in [-0.3, -0.25) is 19.5 Å². The van der Waals surface area contributed by atoms with Gasteiger partial charge in [-0.1, -0.05) is 12.1 Å². The quantitative estimate of drug-likeness (QED) is 0.814. The molecular formula is C17H16N2O3. The van der Waals surface area contributed by atoms with Crippen molar-refractivity contribution in [2.75, 3.05) is 0 Å². The summed E-state index contributed by atoms with van der Waals surface area (Å²) in [6, 6.07) is 8.98. The molecule has 1 aromatic heterocycles. The second kappa shape index (κ2) is 5.60. The summed E-state index contributed by atoms with van der Waals surface area (Å²) in [4.78, 5) is 29.7. The molecular weight excluding hydrogens is 280 g/mol. The molecule has 5 heteroatoms. The summed E-state index contributed by atoms with van der Waals surface area (Å²) >= 11 is 0. The predicted octanol–water partition coefficient (Wildman–Crippen LogP) is 2.67. The van der Waals surface area contributed by atoms with Crippen molar-refractivity contribution < 1.29 is 14.3 Å². The van der Waals surface area contributed by atoms with E-state index in [1.165, 1.54) is 17.3 Å². The van der Waals surface area contributed by atoms with Crippen molar-refractivity contribution in [3.05, 3.63) is 59.4 Å². The molecule has 0 bridgehead atoms. The number of imide groups is 1. The first-order chi connectivity index (χ1) is 10.6. The van der Waals surface area contributed by atoms with E-state index < -0.39 is 0 Å². The second-order valence-electron chi connectivity index (χ2n) is 5.43. The average Bonchev–Trinajstić information content (AvgIpc) is 2.74. The van der Waals surface area contributed by atoms with Gasteiger partial charge in [0.25, 0.3) is 11.8 Å². The molecule has 5 nitrogen and oxygen atoms in total. The van der Waals surface area contributed by atoms with Crippen LogP contribution in [0.3, 0.4) is 0 Å². The van der Waals surface area contributed by atoms with Crippen molar-refractivity contribution >= 4 is 11.8 Å². The van der Waals surface area contributed by atoms with Crippen LogP contribution in [0.4, 0.5) is 0 Å². The Bertz CT molecular complexity index is 688. The second-order valence-corrected chi connectivity index (χ2v) is 5.43. The zero-order valence-electron chi connectivity index (χ0n) is 12.4. The van der Waals surface area contributed by atoms with Crippen molar-refractivity contribution in [2.24, 2.45) is 0 Å². The Balaban J connectivity index is 1.77. The van der Waals surface area contributed by atoms with Crippen molar-refractivity contribution in [2.45, 2.75) is 26.5 Å². The Labute approximate surface area is 128 Å². The topological polar surface area (TPSA) is 59.5 Å². The molecule has 112 valence electrons. The standard InChI is InChI=1S/C17H16N2O3/c1-11(2)22-13-5-3-12(4-6-13)10-19-16(20)14-7-8-18-9-15(14)17(19)21/h3-9,11H,10H2,1-2H3. The third-order valence-corrected chi connectivity index (χ3v) is 3.41. The first kappa shape index (κ1) is 14.3. The third kappa shape index (κ3) is 2.57. The lowest BCUT2D eigenvalue weighted by Gasteiger charge is -2.15. The zero-order valence-corrected chi connectivity index (χ0v) is 12.4. The molecule has 0 atom stereocenters. The highest BCUT2D eigenvalue weighted by atomic mass is 16.5. The summed E-state index contributed by atoms with van der Waals surface area (Å²) in [5.41, 5.74) is 1.66. The number of carbonyl (C=O) groups excluding carboxylic acids is 2. The van der Waals surface area contributed by atoms with E-state index in [-0.39, 0.29) is 24.5 Å². The molecule has 0 spiro atoms. The van der Waals surface area contributed by atoms with Gasteiger partial charge in [-0.15, -0.1) is 0 Å². The predicted molar refractivity (Wildman–Crippen MR) is 80.6 cm³/mol. The number of hydrogen-bond donors (Lipinski definition) is 0. The summed E-state index contributed by atoms with van der Waals surface area (Å²) < 4.78 is 5.58. The highest BCUT2D eigenvalue weighted by Gasteiger charge is 2.35. The number of rotatable bonds is 4. The molecule has 2 heterocycles. The summed E-state index contributed by atoms with van der Waals surface area (Å²) in [6.45, 7) is 4.16. The van der Waals surface area contributed by atoms with Crippen molar-refractivity contribution in [1.82, 2.24) is 9.88 Å². The van der Waals surface area contributed by atoms with Crippen LogP contribution in [0.15, 0.2) is 42.7 Å². The number of ether oxygens (including phenoxy) is 1. The maximum Gasteiger partial charge on any atom is 0.263 e. The zero-order chi connectivity index (χ0) is 15.7. The van der Waals surface area contributed by atoms with Crippen molar-refractivity contribution in [1.29, 1.82) is 0 Å². The first-order valence-corrected chi connectivity index (χ1v) is 7.12. The Hall–Kier alpha value is -2.69. The lowest BCUT2D eigenvalue weighted by Crippen LogP contribution is -2.29. The minimum Gasteiger partial charge on any atom is -0.491 e. The average molecular weight is 296 g/mol. The Morgan fingerprint density at radius 2 is 1.73 bits per heavy atom. The van der Waals surface area contributed by atoms with E-state index in [0.717, 1.165) is 11.3 Å². The number of aromatic nitrogens is 1. The number of fused-ring (bicyclic) bond motifs is 1. The summed E-state index contributed by atoms with van der Waals surface area (Å²) in [7, 11) is 0. The van der Waals surface area contributed by atoms with Crippen molar-refractivity contribution in [3.63, 3.8) is 0 Å². The van der Waals surface area contributed by atoms with E-state index in [0.29, 0.717) is 11.1 Å². The van der Waals surface area contributed by atoms with Crippen LogP contribution >= 0.6 is 0 Å². The van der Waals surface area contributed by atoms with Gasteiger partial charge in [-0.25, -0.2) is 0 Å². The van der Waals surface area contributed by atoms with Gasteiger partial charge >= 0.3 is 0 Å². The number of pyridine rings is 1. The molecule has 2 amide bonds. The first-order valence-electron chi connectivity index (χ1n) is 7.12. The van der Waals surface area contributed by atoms with Crippen LogP contribution in [0.5, 0.6) is 5.75 Å². The minimum atomic E-state index is -0.296. The van der Waals surface area contributed by atoms with Gasteiger partial charge in [0.1, 0.15) is 5.75 Å². The summed E-state index contributed by atoms with van der Waals surface area (Å²) in [5, 5.41) is 0. The van der Waals surface area contributed by atoms with Crippen LogP contribution in [0, 0.1) is 0 Å². The molecule has 1 aliphatic heterocycles. The maximum absolute atomic E-state index is 12.3. The molecule has 0 radical (unpaired) electrons. The third-order valence-electron chi connectivity index (χ3n) is 3.41. The van der Waals surface area contributed by atoms with E-state index in [9.17, 15) is 9.59 Å². The monoisotopic (exact) mass is 296 g/mol. The van der Waals surface area contributed by atoms with Crippen molar-refractivity contribution in [3.8, 4) is 5.75 Å². The number of benzene rings is 1. The smallest absolute Gasteiger partial charge is 0.263 e. The Morgan fingerprint density at radius 3 is 2.36 bits per heavy atom. The molecule has 0 N–H and O–H groups in total. The normalized spacial score (nSPS) is 13.7. The van der Waals surface area contributed by atoms with Crippen LogP contribution in [-0.2, 0) is 6.54 Å². The van der Waals surface area contributed by atoms with Gasteiger partial charge in [0.05, 0.1) is 23.8 Å². The Morgan fingerprint density at radius 1 is 1.05 bits per heavy atom. The van der Waals surface area contributed by atoms with Crippen LogP contribution in [0.1, 0.15) is 40.1 Å². The van der Waals surface area contributed by atoms with Gasteiger partial charge in [0.15, 0.2) is 0 Å². The molecule has 1 aromatic carbocycles. The molecule has 0 unspecified atom stereocenters. The van der Waals surface area contributed by atoms with Crippen LogP contribution in [0.25, 0.3) is 0 Å². The summed E-state index contributed by atoms with van der Waals surface area (Å²) in [5.74, 6) is 0.200. The molecule has 0 aliphatic carbocycles. The Kier molecular flexibility index (Phi) is 3.63. The molecule has 0 saturated carbocycles. The van der Waals surface area contributed by atoms with Gasteiger partial charge in [-0.05, 0) is 37.6 Å². The van der Waals surface area contributed by atoms with Crippen LogP contribution in [-0.4, -0.2) is 27.8 Å². The molecule has 1 aliphatic rings. The van der Waals surface area contributed by atoms with Gasteiger partial charge < -0.3 is 4.74 Å². The lowest BCUT2D eigenvalue weighted by atomic mass is 10.2. The molecule has 2 aromatic rings. The van der Waals surface area contributed by atoms with E-state index in [1.807, 2.05) is 38.1 Å². The van der Waals surface area contributed by atoms with Gasteiger partial charge in [0, 0.05) is 12.4 Å². The fraction of sp³-hybridized carbons (Fsp3) is 0.235. The highest BCUT2D eigenvalue weighted by Crippen LogP contribution is 2.24. The fourth-order valence-electron chi connectivity index (χ4n) is 2.41. The number of amides is 2. The SMILES string of the molecule is CC(C)Oc1ccc(CN2C(=O)c3ccncc3C2=O)cc1.